The Kier molecular flexibility index (Phi) is 5.15. The number of fused-ring (bicyclic) bond motifs is 1. The lowest BCUT2D eigenvalue weighted by molar-refractivity contribution is -0.137. The molecule has 1 saturated carbocycles. The molecule has 8 heteroatoms. The van der Waals surface area contributed by atoms with Crippen LogP contribution in [0.2, 0.25) is 0 Å². The summed E-state index contributed by atoms with van der Waals surface area (Å²) in [4.78, 5) is 23.1. The molecule has 33 heavy (non-hydrogen) atoms. The second-order valence-electron chi connectivity index (χ2n) is 8.33. The molecule has 0 atom stereocenters. The number of rotatable bonds is 4. The number of nitrogens with one attached hydrogen (secondary N) is 1. The summed E-state index contributed by atoms with van der Waals surface area (Å²) in [5.41, 5.74) is 2.75. The van der Waals surface area contributed by atoms with Crippen LogP contribution in [-0.4, -0.2) is 29.7 Å². The average molecular weight is 450 g/mol. The maximum atomic E-state index is 13.8. The second-order valence-corrected chi connectivity index (χ2v) is 8.33. The highest BCUT2D eigenvalue weighted by Crippen LogP contribution is 2.45. The van der Waals surface area contributed by atoms with Crippen LogP contribution in [0.4, 0.5) is 30.2 Å². The molecule has 1 aliphatic carbocycles. The number of pyridine rings is 1. The predicted molar refractivity (Wildman–Crippen MR) is 122 cm³/mol. The lowest BCUT2D eigenvalue weighted by atomic mass is 10.0. The minimum absolute atomic E-state index is 0.0413. The van der Waals surface area contributed by atoms with Crippen molar-refractivity contribution in [2.75, 3.05) is 17.3 Å². The Morgan fingerprint density at radius 3 is 2.48 bits per heavy atom. The molecule has 0 unspecified atom stereocenters. The van der Waals surface area contributed by atoms with E-state index < -0.39 is 17.6 Å². The Labute approximate surface area is 189 Å². The van der Waals surface area contributed by atoms with Gasteiger partial charge in [-0.1, -0.05) is 24.3 Å². The van der Waals surface area contributed by atoms with Crippen LogP contribution >= 0.6 is 0 Å². The standard InChI is InChI=1S/C25H21F3N4O/c1-32(18-7-8-18)23-12-22-21(11-19(23)25(26,27)28)31-24(33)13-20(30-22)16-5-2-4-15(10-16)17-6-3-9-29-14-17/h2-6,9-12,14,18H,7-8,13H2,1H3,(H,31,33). The third-order valence-electron chi connectivity index (χ3n) is 5.94. The first kappa shape index (κ1) is 21.2. The van der Waals surface area contributed by atoms with Crippen molar-refractivity contribution in [1.82, 2.24) is 4.98 Å². The number of carbonyl (C=O) groups is 1. The molecule has 1 amide bonds. The van der Waals surface area contributed by atoms with Gasteiger partial charge in [-0.2, -0.15) is 13.2 Å². The number of carbonyl (C=O) groups excluding carboxylic acids is 1. The van der Waals surface area contributed by atoms with Crippen LogP contribution in [0.25, 0.3) is 11.1 Å². The van der Waals surface area contributed by atoms with Gasteiger partial charge in [-0.3, -0.25) is 14.8 Å². The zero-order valence-electron chi connectivity index (χ0n) is 17.9. The molecule has 1 fully saturated rings. The molecule has 1 aromatic heterocycles. The fraction of sp³-hybridized carbons (Fsp3) is 0.240. The van der Waals surface area contributed by atoms with Crippen molar-refractivity contribution < 1.29 is 18.0 Å². The number of benzene rings is 2. The number of amides is 1. The number of hydrogen-bond donors (Lipinski definition) is 1. The highest BCUT2D eigenvalue weighted by atomic mass is 19.4. The Bertz CT molecular complexity index is 1250. The first-order valence-corrected chi connectivity index (χ1v) is 10.7. The Hall–Kier alpha value is -3.68. The van der Waals surface area contributed by atoms with Gasteiger partial charge in [0.05, 0.1) is 34.8 Å². The molecule has 0 radical (unpaired) electrons. The Morgan fingerprint density at radius 1 is 1.03 bits per heavy atom. The molecular weight excluding hydrogens is 429 g/mol. The van der Waals surface area contributed by atoms with Crippen LogP contribution in [-0.2, 0) is 11.0 Å². The van der Waals surface area contributed by atoms with Gasteiger partial charge in [-0.15, -0.1) is 0 Å². The molecule has 2 heterocycles. The number of halogens is 3. The minimum atomic E-state index is -4.55. The van der Waals surface area contributed by atoms with E-state index in [1.54, 1.807) is 24.3 Å². The monoisotopic (exact) mass is 450 g/mol. The summed E-state index contributed by atoms with van der Waals surface area (Å²) in [6.45, 7) is 0. The van der Waals surface area contributed by atoms with E-state index >= 15 is 0 Å². The van der Waals surface area contributed by atoms with Crippen LogP contribution in [0.1, 0.15) is 30.4 Å². The summed E-state index contributed by atoms with van der Waals surface area (Å²) in [6.07, 6.45) is 0.564. The van der Waals surface area contributed by atoms with Crippen molar-refractivity contribution in [3.63, 3.8) is 0 Å². The van der Waals surface area contributed by atoms with Crippen LogP contribution in [0, 0.1) is 0 Å². The van der Waals surface area contributed by atoms with E-state index in [0.29, 0.717) is 11.4 Å². The van der Waals surface area contributed by atoms with E-state index in [2.05, 4.69) is 15.3 Å². The molecule has 0 spiro atoms. The maximum Gasteiger partial charge on any atom is 0.418 e. The van der Waals surface area contributed by atoms with E-state index in [1.165, 1.54) is 6.07 Å². The van der Waals surface area contributed by atoms with Crippen molar-refractivity contribution in [3.8, 4) is 11.1 Å². The molecule has 3 aromatic rings. The number of hydrogen-bond acceptors (Lipinski definition) is 4. The van der Waals surface area contributed by atoms with Crippen molar-refractivity contribution in [3.05, 3.63) is 72.1 Å². The molecular formula is C25H21F3N4O. The normalized spacial score (nSPS) is 15.9. The lowest BCUT2D eigenvalue weighted by Gasteiger charge is -2.24. The van der Waals surface area contributed by atoms with Crippen LogP contribution in [0.5, 0.6) is 0 Å². The predicted octanol–water partition coefficient (Wildman–Crippen LogP) is 5.83. The van der Waals surface area contributed by atoms with Gasteiger partial charge in [-0.05, 0) is 48.2 Å². The highest BCUT2D eigenvalue weighted by Gasteiger charge is 2.38. The van der Waals surface area contributed by atoms with E-state index in [4.69, 9.17) is 0 Å². The van der Waals surface area contributed by atoms with E-state index in [-0.39, 0.29) is 23.8 Å². The highest BCUT2D eigenvalue weighted by molar-refractivity contribution is 6.17. The van der Waals surface area contributed by atoms with E-state index in [0.717, 1.165) is 35.6 Å². The number of aromatic nitrogens is 1. The minimum Gasteiger partial charge on any atom is -0.371 e. The van der Waals surface area contributed by atoms with Gasteiger partial charge in [0.25, 0.3) is 0 Å². The number of anilines is 2. The molecule has 1 N–H and O–H groups in total. The summed E-state index contributed by atoms with van der Waals surface area (Å²) >= 11 is 0. The first-order valence-electron chi connectivity index (χ1n) is 10.7. The van der Waals surface area contributed by atoms with Crippen molar-refractivity contribution >= 4 is 28.7 Å². The molecule has 0 bridgehead atoms. The maximum absolute atomic E-state index is 13.8. The molecule has 5 rings (SSSR count). The van der Waals surface area contributed by atoms with Crippen LogP contribution < -0.4 is 10.2 Å². The molecule has 168 valence electrons. The number of nitrogens with zero attached hydrogens (tertiary/aromatic N) is 3. The van der Waals surface area contributed by atoms with Gasteiger partial charge >= 0.3 is 6.18 Å². The molecule has 5 nitrogen and oxygen atoms in total. The summed E-state index contributed by atoms with van der Waals surface area (Å²) in [6, 6.07) is 13.9. The van der Waals surface area contributed by atoms with Gasteiger partial charge in [0.2, 0.25) is 5.91 Å². The topological polar surface area (TPSA) is 57.6 Å². The van der Waals surface area contributed by atoms with Crippen molar-refractivity contribution in [2.45, 2.75) is 31.5 Å². The zero-order valence-corrected chi connectivity index (χ0v) is 17.9. The van der Waals surface area contributed by atoms with Gasteiger partial charge < -0.3 is 10.2 Å². The fourth-order valence-corrected chi connectivity index (χ4v) is 4.06. The Morgan fingerprint density at radius 2 is 1.79 bits per heavy atom. The van der Waals surface area contributed by atoms with Gasteiger partial charge in [0.1, 0.15) is 0 Å². The van der Waals surface area contributed by atoms with E-state index in [9.17, 15) is 18.0 Å². The third kappa shape index (κ3) is 4.33. The van der Waals surface area contributed by atoms with Crippen LogP contribution in [0.15, 0.2) is 65.9 Å². The largest absolute Gasteiger partial charge is 0.418 e. The summed E-state index contributed by atoms with van der Waals surface area (Å²) < 4.78 is 41.5. The lowest BCUT2D eigenvalue weighted by Crippen LogP contribution is -2.23. The summed E-state index contributed by atoms with van der Waals surface area (Å²) in [5, 5.41) is 2.61. The third-order valence-corrected chi connectivity index (χ3v) is 5.94. The Balaban J connectivity index is 1.61. The molecule has 0 saturated heterocycles. The smallest absolute Gasteiger partial charge is 0.371 e. The SMILES string of the molecule is CN(c1cc2c(cc1C(F)(F)F)NC(=O)CC(c1cccc(-c3cccnc3)c1)=N2)C1CC1. The average Bonchev–Trinajstić information content (AvgIpc) is 3.65. The molecule has 2 aromatic carbocycles. The van der Waals surface area contributed by atoms with Crippen LogP contribution in [0.3, 0.4) is 0 Å². The quantitative estimate of drug-likeness (QED) is 0.544. The van der Waals surface area contributed by atoms with Crippen molar-refractivity contribution in [2.24, 2.45) is 4.99 Å². The second kappa shape index (κ2) is 8.03. The van der Waals surface area contributed by atoms with Gasteiger partial charge in [0, 0.05) is 31.0 Å². The first-order chi connectivity index (χ1) is 15.8. The van der Waals surface area contributed by atoms with Gasteiger partial charge in [0.15, 0.2) is 0 Å². The number of alkyl halides is 3. The molecule has 2 aliphatic rings. The molecule has 1 aliphatic heterocycles. The summed E-state index contributed by atoms with van der Waals surface area (Å²) in [7, 11) is 1.67. The zero-order chi connectivity index (χ0) is 23.2. The van der Waals surface area contributed by atoms with E-state index in [1.807, 2.05) is 36.4 Å². The van der Waals surface area contributed by atoms with Gasteiger partial charge in [-0.25, -0.2) is 0 Å². The number of aliphatic imine (C=N–C) groups is 1. The van der Waals surface area contributed by atoms with Crippen molar-refractivity contribution in [1.29, 1.82) is 0 Å². The summed E-state index contributed by atoms with van der Waals surface area (Å²) in [5.74, 6) is -0.407. The fourth-order valence-electron chi connectivity index (χ4n) is 4.06.